The molecule has 1 aromatic carbocycles. The molecule has 0 bridgehead atoms. The van der Waals surface area contributed by atoms with Crippen LogP contribution >= 0.6 is 0 Å². The van der Waals surface area contributed by atoms with Crippen LogP contribution in [0.1, 0.15) is 56.8 Å². The lowest BCUT2D eigenvalue weighted by Gasteiger charge is -2.23. The second kappa shape index (κ2) is 6.70. The summed E-state index contributed by atoms with van der Waals surface area (Å²) in [7, 11) is 0. The van der Waals surface area contributed by atoms with Gasteiger partial charge >= 0.3 is 0 Å². The normalized spacial score (nSPS) is 14.8. The van der Waals surface area contributed by atoms with Gasteiger partial charge in [-0.25, -0.2) is 0 Å². The van der Waals surface area contributed by atoms with Crippen LogP contribution in [0, 0.1) is 12.8 Å². The van der Waals surface area contributed by atoms with E-state index in [-0.39, 0.29) is 6.10 Å². The summed E-state index contributed by atoms with van der Waals surface area (Å²) in [6.45, 7) is 6.44. The van der Waals surface area contributed by atoms with Gasteiger partial charge in [0.05, 0.1) is 6.10 Å². The Morgan fingerprint density at radius 3 is 2.44 bits per heavy atom. The first-order valence-corrected chi connectivity index (χ1v) is 6.44. The van der Waals surface area contributed by atoms with Crippen molar-refractivity contribution in [2.45, 2.75) is 52.6 Å². The maximum Gasteiger partial charge on any atom is 0.0820 e. The Kier molecular flexibility index (Phi) is 5.54. The number of hydrogen-bond acceptors (Lipinski definition) is 1. The molecule has 0 aliphatic carbocycles. The van der Waals surface area contributed by atoms with Crippen molar-refractivity contribution in [2.24, 2.45) is 5.92 Å². The molecule has 0 aromatic heterocycles. The van der Waals surface area contributed by atoms with Crippen LogP contribution in [0.3, 0.4) is 0 Å². The monoisotopic (exact) mass is 220 g/mol. The summed E-state index contributed by atoms with van der Waals surface area (Å²) in [6, 6.07) is 8.16. The van der Waals surface area contributed by atoms with Gasteiger partial charge in [-0.3, -0.25) is 0 Å². The minimum absolute atomic E-state index is 0.294. The molecule has 1 nitrogen and oxygen atoms in total. The maximum absolute atomic E-state index is 10.4. The predicted molar refractivity (Wildman–Crippen MR) is 69.4 cm³/mol. The van der Waals surface area contributed by atoms with Crippen LogP contribution in [-0.4, -0.2) is 5.11 Å². The van der Waals surface area contributed by atoms with E-state index in [2.05, 4.69) is 32.9 Å². The summed E-state index contributed by atoms with van der Waals surface area (Å²) in [5, 5.41) is 10.4. The van der Waals surface area contributed by atoms with Gasteiger partial charge in [0.2, 0.25) is 0 Å². The molecule has 1 heteroatoms. The van der Waals surface area contributed by atoms with Gasteiger partial charge < -0.3 is 5.11 Å². The van der Waals surface area contributed by atoms with Crippen LogP contribution in [0.2, 0.25) is 0 Å². The van der Waals surface area contributed by atoms with Crippen molar-refractivity contribution in [3.05, 3.63) is 35.4 Å². The number of aliphatic hydroxyl groups is 1. The summed E-state index contributed by atoms with van der Waals surface area (Å²) in [4.78, 5) is 0. The standard InChI is InChI=1S/C15H24O/c1-4-6-10-13(5-2)15(16)14-11-8-7-9-12(14)3/h7-9,11,13,15-16H,4-6,10H2,1-3H3. The predicted octanol–water partition coefficient (Wildman–Crippen LogP) is 4.24. The Morgan fingerprint density at radius 2 is 1.88 bits per heavy atom. The van der Waals surface area contributed by atoms with Gasteiger partial charge in [0.25, 0.3) is 0 Å². The Bertz CT molecular complexity index is 306. The second-order valence-electron chi connectivity index (χ2n) is 4.61. The summed E-state index contributed by atoms with van der Waals surface area (Å²) in [6.07, 6.45) is 4.30. The first-order chi connectivity index (χ1) is 7.70. The van der Waals surface area contributed by atoms with Crippen molar-refractivity contribution >= 4 is 0 Å². The molecule has 0 fully saturated rings. The van der Waals surface area contributed by atoms with Gasteiger partial charge in [-0.15, -0.1) is 0 Å². The summed E-state index contributed by atoms with van der Waals surface area (Å²) < 4.78 is 0. The molecule has 1 aromatic rings. The molecule has 0 heterocycles. The Hall–Kier alpha value is -0.820. The lowest BCUT2D eigenvalue weighted by molar-refractivity contribution is 0.0983. The minimum atomic E-state index is -0.294. The Labute approximate surface area is 99.5 Å². The van der Waals surface area contributed by atoms with Gasteiger partial charge in [0.15, 0.2) is 0 Å². The van der Waals surface area contributed by atoms with Crippen LogP contribution in [0.25, 0.3) is 0 Å². The number of hydrogen-bond donors (Lipinski definition) is 1. The molecule has 0 spiro atoms. The molecule has 0 aliphatic heterocycles. The van der Waals surface area contributed by atoms with E-state index in [0.29, 0.717) is 5.92 Å². The third-order valence-corrected chi connectivity index (χ3v) is 3.41. The third-order valence-electron chi connectivity index (χ3n) is 3.41. The van der Waals surface area contributed by atoms with Crippen molar-refractivity contribution in [3.63, 3.8) is 0 Å². The third kappa shape index (κ3) is 3.34. The highest BCUT2D eigenvalue weighted by atomic mass is 16.3. The van der Waals surface area contributed by atoms with Crippen LogP contribution in [0.5, 0.6) is 0 Å². The molecule has 0 saturated carbocycles. The fourth-order valence-electron chi connectivity index (χ4n) is 2.22. The second-order valence-corrected chi connectivity index (χ2v) is 4.61. The van der Waals surface area contributed by atoms with Crippen molar-refractivity contribution in [1.29, 1.82) is 0 Å². The maximum atomic E-state index is 10.4. The highest BCUT2D eigenvalue weighted by molar-refractivity contribution is 5.27. The van der Waals surface area contributed by atoms with E-state index in [0.717, 1.165) is 18.4 Å². The zero-order valence-electron chi connectivity index (χ0n) is 10.7. The first kappa shape index (κ1) is 13.2. The molecule has 1 rings (SSSR count). The molecule has 0 aliphatic rings. The lowest BCUT2D eigenvalue weighted by Crippen LogP contribution is -2.13. The zero-order chi connectivity index (χ0) is 12.0. The number of unbranched alkanes of at least 4 members (excludes halogenated alkanes) is 1. The molecule has 1 N–H and O–H groups in total. The van der Waals surface area contributed by atoms with Gasteiger partial charge in [-0.2, -0.15) is 0 Å². The molecule has 16 heavy (non-hydrogen) atoms. The van der Waals surface area contributed by atoms with Gasteiger partial charge in [0.1, 0.15) is 0 Å². The van der Waals surface area contributed by atoms with E-state index in [9.17, 15) is 5.11 Å². The van der Waals surface area contributed by atoms with E-state index in [1.54, 1.807) is 0 Å². The van der Waals surface area contributed by atoms with Crippen LogP contribution in [-0.2, 0) is 0 Å². The van der Waals surface area contributed by atoms with Gasteiger partial charge in [-0.1, -0.05) is 57.4 Å². The average Bonchev–Trinajstić information content (AvgIpc) is 2.30. The van der Waals surface area contributed by atoms with Crippen molar-refractivity contribution in [3.8, 4) is 0 Å². The Balaban J connectivity index is 2.74. The minimum Gasteiger partial charge on any atom is -0.388 e. The topological polar surface area (TPSA) is 20.2 Å². The summed E-state index contributed by atoms with van der Waals surface area (Å²) in [5.74, 6) is 0.404. The molecule has 2 atom stereocenters. The molecule has 2 unspecified atom stereocenters. The fourth-order valence-corrected chi connectivity index (χ4v) is 2.22. The molecular formula is C15H24O. The summed E-state index contributed by atoms with van der Waals surface area (Å²) >= 11 is 0. The SMILES string of the molecule is CCCCC(CC)C(O)c1ccccc1C. The highest BCUT2D eigenvalue weighted by Gasteiger charge is 2.19. The Morgan fingerprint density at radius 1 is 1.19 bits per heavy atom. The highest BCUT2D eigenvalue weighted by Crippen LogP contribution is 2.30. The van der Waals surface area contributed by atoms with Gasteiger partial charge in [-0.05, 0) is 30.4 Å². The number of aliphatic hydroxyl groups excluding tert-OH is 1. The fraction of sp³-hybridized carbons (Fsp3) is 0.600. The van der Waals surface area contributed by atoms with Crippen molar-refractivity contribution in [2.75, 3.05) is 0 Å². The van der Waals surface area contributed by atoms with E-state index in [4.69, 9.17) is 0 Å². The molecule has 0 radical (unpaired) electrons. The van der Waals surface area contributed by atoms with Crippen LogP contribution < -0.4 is 0 Å². The molecule has 90 valence electrons. The zero-order valence-corrected chi connectivity index (χ0v) is 10.7. The smallest absolute Gasteiger partial charge is 0.0820 e. The summed E-state index contributed by atoms with van der Waals surface area (Å²) in [5.41, 5.74) is 2.30. The molecular weight excluding hydrogens is 196 g/mol. The molecule has 0 amide bonds. The molecule has 0 saturated heterocycles. The number of rotatable bonds is 6. The van der Waals surface area contributed by atoms with E-state index in [1.165, 1.54) is 18.4 Å². The van der Waals surface area contributed by atoms with Crippen LogP contribution in [0.4, 0.5) is 0 Å². The lowest BCUT2D eigenvalue weighted by atomic mass is 9.87. The first-order valence-electron chi connectivity index (χ1n) is 6.44. The van der Waals surface area contributed by atoms with E-state index < -0.39 is 0 Å². The quantitative estimate of drug-likeness (QED) is 0.760. The largest absolute Gasteiger partial charge is 0.388 e. The van der Waals surface area contributed by atoms with E-state index in [1.807, 2.05) is 12.1 Å². The number of aryl methyl sites for hydroxylation is 1. The van der Waals surface area contributed by atoms with E-state index >= 15 is 0 Å². The van der Waals surface area contributed by atoms with Crippen molar-refractivity contribution < 1.29 is 5.11 Å². The van der Waals surface area contributed by atoms with Crippen molar-refractivity contribution in [1.82, 2.24) is 0 Å². The average molecular weight is 220 g/mol. The van der Waals surface area contributed by atoms with Gasteiger partial charge in [0, 0.05) is 0 Å². The van der Waals surface area contributed by atoms with Crippen LogP contribution in [0.15, 0.2) is 24.3 Å². The number of benzene rings is 1.